The number of allylic oxidation sites excluding steroid dienone is 6. The second kappa shape index (κ2) is 23.5. The lowest BCUT2D eigenvalue weighted by Gasteiger charge is -2.13. The Labute approximate surface area is 250 Å². The summed E-state index contributed by atoms with van der Waals surface area (Å²) in [5.74, 6) is 12.6. The Morgan fingerprint density at radius 2 is 1.00 bits per heavy atom. The zero-order valence-electron chi connectivity index (χ0n) is 30.5. The van der Waals surface area contributed by atoms with E-state index in [9.17, 15) is 0 Å². The molecule has 0 heteroatoms. The van der Waals surface area contributed by atoms with Gasteiger partial charge in [0, 0.05) is 11.8 Å². The molecule has 0 radical (unpaired) electrons. The first-order valence-electron chi connectivity index (χ1n) is 16.3. The largest absolute Gasteiger partial charge is 0.100 e. The SMILES string of the molecule is C/C(=C(/C)C(C)C)C(C)C.C/C=C(\CC(C)C)C(C)C.CC(C)/C=C(/C(C)C)C1CC1.CC(C)C#CC(C)C. The second-order valence-corrected chi connectivity index (χ2v) is 14.2. The third-order valence-electron chi connectivity index (χ3n) is 7.01. The summed E-state index contributed by atoms with van der Waals surface area (Å²) in [5.41, 5.74) is 6.40. The standard InChI is InChI=1S/C11H20.2C10H20.C8H14/c1-8(2)7-11(9(3)4)10-5-6-10;1-7(2)9(5)10(6)8(3)4;1-6-10(9(4)5)7-8(2)3;1-7(2)5-6-8(3)4/h7-10H,5-6H2,1-4H3;7-8H,1-6H3;6,8-9H,7H2,1-5H3;7-8H,1-4H3/b11-7-;10-9+;10-6+;. The molecular weight excluding hydrogens is 468 g/mol. The summed E-state index contributed by atoms with van der Waals surface area (Å²) in [6, 6.07) is 0. The molecule has 0 amide bonds. The Hall–Kier alpha value is -1.22. The van der Waals surface area contributed by atoms with Crippen molar-refractivity contribution in [3.05, 3.63) is 34.4 Å². The highest BCUT2D eigenvalue weighted by Gasteiger charge is 2.27. The number of hydrogen-bond donors (Lipinski definition) is 0. The predicted octanol–water partition coefficient (Wildman–Crippen LogP) is 13.2. The van der Waals surface area contributed by atoms with E-state index in [1.165, 1.54) is 19.3 Å². The molecule has 0 heterocycles. The van der Waals surface area contributed by atoms with Crippen LogP contribution in [-0.4, -0.2) is 0 Å². The Kier molecular flexibility index (Phi) is 25.4. The van der Waals surface area contributed by atoms with E-state index in [4.69, 9.17) is 0 Å². The van der Waals surface area contributed by atoms with Gasteiger partial charge in [-0.3, -0.25) is 0 Å². The molecule has 0 nitrogen and oxygen atoms in total. The molecule has 0 saturated heterocycles. The van der Waals surface area contributed by atoms with E-state index in [1.54, 1.807) is 22.3 Å². The van der Waals surface area contributed by atoms with Gasteiger partial charge in [-0.25, -0.2) is 0 Å². The first kappa shape index (κ1) is 42.2. The summed E-state index contributed by atoms with van der Waals surface area (Å²) in [5, 5.41) is 0. The zero-order chi connectivity index (χ0) is 31.5. The molecule has 39 heavy (non-hydrogen) atoms. The van der Waals surface area contributed by atoms with Crippen LogP contribution in [0.3, 0.4) is 0 Å². The lowest BCUT2D eigenvalue weighted by molar-refractivity contribution is 0.586. The van der Waals surface area contributed by atoms with Gasteiger partial charge in [0.1, 0.15) is 0 Å². The van der Waals surface area contributed by atoms with Crippen molar-refractivity contribution in [2.75, 3.05) is 0 Å². The average Bonchev–Trinajstić information content (AvgIpc) is 3.64. The van der Waals surface area contributed by atoms with E-state index in [0.717, 1.165) is 29.6 Å². The molecule has 1 aliphatic rings. The van der Waals surface area contributed by atoms with Crippen LogP contribution in [0, 0.1) is 65.1 Å². The van der Waals surface area contributed by atoms with Gasteiger partial charge < -0.3 is 0 Å². The Balaban J connectivity index is -0.000000446. The van der Waals surface area contributed by atoms with Crippen molar-refractivity contribution in [2.45, 2.75) is 151 Å². The van der Waals surface area contributed by atoms with Crippen LogP contribution in [0.4, 0.5) is 0 Å². The minimum atomic E-state index is 0.525. The molecule has 0 atom stereocenters. The molecule has 1 rings (SSSR count). The lowest BCUT2D eigenvalue weighted by Crippen LogP contribution is -1.98. The van der Waals surface area contributed by atoms with Crippen molar-refractivity contribution < 1.29 is 0 Å². The van der Waals surface area contributed by atoms with Gasteiger partial charge in [-0.15, -0.1) is 11.8 Å². The van der Waals surface area contributed by atoms with Crippen molar-refractivity contribution in [2.24, 2.45) is 53.3 Å². The van der Waals surface area contributed by atoms with Crippen molar-refractivity contribution in [1.82, 2.24) is 0 Å². The van der Waals surface area contributed by atoms with Crippen LogP contribution in [0.5, 0.6) is 0 Å². The van der Waals surface area contributed by atoms with Gasteiger partial charge in [0.05, 0.1) is 0 Å². The van der Waals surface area contributed by atoms with Gasteiger partial charge in [0.25, 0.3) is 0 Å². The molecule has 230 valence electrons. The van der Waals surface area contributed by atoms with Crippen LogP contribution in [0.2, 0.25) is 0 Å². The highest BCUT2D eigenvalue weighted by molar-refractivity contribution is 5.15. The minimum absolute atomic E-state index is 0.525. The fraction of sp³-hybridized carbons (Fsp3) is 0.795. The van der Waals surface area contributed by atoms with E-state index in [0.29, 0.717) is 23.7 Å². The van der Waals surface area contributed by atoms with Crippen LogP contribution in [0.25, 0.3) is 0 Å². The molecule has 1 fully saturated rings. The molecule has 1 aliphatic carbocycles. The van der Waals surface area contributed by atoms with Crippen molar-refractivity contribution in [1.29, 1.82) is 0 Å². The Morgan fingerprint density at radius 3 is 1.15 bits per heavy atom. The summed E-state index contributed by atoms with van der Waals surface area (Å²) < 4.78 is 0. The first-order chi connectivity index (χ1) is 17.8. The Bertz CT molecular complexity index is 712. The van der Waals surface area contributed by atoms with Gasteiger partial charge in [0.2, 0.25) is 0 Å². The second-order valence-electron chi connectivity index (χ2n) is 14.2. The van der Waals surface area contributed by atoms with Crippen LogP contribution in [-0.2, 0) is 0 Å². The zero-order valence-corrected chi connectivity index (χ0v) is 30.5. The fourth-order valence-electron chi connectivity index (χ4n) is 4.00. The maximum atomic E-state index is 3.09. The third-order valence-corrected chi connectivity index (χ3v) is 7.01. The van der Waals surface area contributed by atoms with E-state index < -0.39 is 0 Å². The fourth-order valence-corrected chi connectivity index (χ4v) is 4.00. The monoisotopic (exact) mass is 543 g/mol. The molecule has 0 aliphatic heterocycles. The van der Waals surface area contributed by atoms with Crippen LogP contribution < -0.4 is 0 Å². The predicted molar refractivity (Wildman–Crippen MR) is 184 cm³/mol. The normalized spacial score (nSPS) is 14.6. The summed E-state index contributed by atoms with van der Waals surface area (Å²) >= 11 is 0. The van der Waals surface area contributed by atoms with Crippen molar-refractivity contribution in [3.63, 3.8) is 0 Å². The Morgan fingerprint density at radius 1 is 0.615 bits per heavy atom. The molecule has 0 aromatic heterocycles. The first-order valence-corrected chi connectivity index (χ1v) is 16.3. The van der Waals surface area contributed by atoms with Gasteiger partial charge in [-0.1, -0.05) is 145 Å². The molecule has 0 unspecified atom stereocenters. The summed E-state index contributed by atoms with van der Waals surface area (Å²) in [7, 11) is 0. The maximum Gasteiger partial charge on any atom is 0.0146 e. The van der Waals surface area contributed by atoms with Gasteiger partial charge in [-0.05, 0) is 81.5 Å². The van der Waals surface area contributed by atoms with Gasteiger partial charge >= 0.3 is 0 Å². The van der Waals surface area contributed by atoms with Gasteiger partial charge in [0.15, 0.2) is 0 Å². The molecule has 0 aromatic rings. The van der Waals surface area contributed by atoms with Crippen LogP contribution >= 0.6 is 0 Å². The molecular formula is C39H74. The smallest absolute Gasteiger partial charge is 0.0146 e. The maximum absolute atomic E-state index is 3.09. The number of rotatable bonds is 8. The summed E-state index contributed by atoms with van der Waals surface area (Å²) in [6.45, 7) is 42.3. The van der Waals surface area contributed by atoms with E-state index in [1.807, 2.05) is 0 Å². The average molecular weight is 543 g/mol. The van der Waals surface area contributed by atoms with Gasteiger partial charge in [-0.2, -0.15) is 0 Å². The molecule has 0 spiro atoms. The lowest BCUT2D eigenvalue weighted by atomic mass is 9.93. The highest BCUT2D eigenvalue weighted by atomic mass is 14.3. The van der Waals surface area contributed by atoms with E-state index in [-0.39, 0.29) is 0 Å². The molecule has 0 aromatic carbocycles. The van der Waals surface area contributed by atoms with E-state index in [2.05, 4.69) is 156 Å². The summed E-state index contributed by atoms with van der Waals surface area (Å²) in [4.78, 5) is 0. The van der Waals surface area contributed by atoms with Crippen LogP contribution in [0.1, 0.15) is 151 Å². The third kappa shape index (κ3) is 26.8. The van der Waals surface area contributed by atoms with Crippen LogP contribution in [0.15, 0.2) is 34.4 Å². The van der Waals surface area contributed by atoms with Crippen molar-refractivity contribution in [3.8, 4) is 11.8 Å². The van der Waals surface area contributed by atoms with E-state index >= 15 is 0 Å². The number of hydrogen-bond acceptors (Lipinski definition) is 0. The molecule has 0 bridgehead atoms. The highest BCUT2D eigenvalue weighted by Crippen LogP contribution is 2.40. The topological polar surface area (TPSA) is 0 Å². The van der Waals surface area contributed by atoms with Crippen molar-refractivity contribution >= 4 is 0 Å². The minimum Gasteiger partial charge on any atom is -0.100 e. The molecule has 1 saturated carbocycles. The summed E-state index contributed by atoms with van der Waals surface area (Å²) in [6.07, 6.45) is 8.86. The quantitative estimate of drug-likeness (QED) is 0.211. The molecule has 0 N–H and O–H groups in total.